The molecule has 3 aromatic rings. The van der Waals surface area contributed by atoms with Gasteiger partial charge in [-0.25, -0.2) is 9.50 Å². The molecule has 0 aliphatic carbocycles. The van der Waals surface area contributed by atoms with E-state index in [0.29, 0.717) is 6.54 Å². The normalized spacial score (nSPS) is 11.0. The highest BCUT2D eigenvalue weighted by Crippen LogP contribution is 2.24. The summed E-state index contributed by atoms with van der Waals surface area (Å²) in [6.07, 6.45) is 1.87. The third kappa shape index (κ3) is 2.70. The number of hydrogen-bond acceptors (Lipinski definition) is 6. The summed E-state index contributed by atoms with van der Waals surface area (Å²) in [6, 6.07) is 6.63. The summed E-state index contributed by atoms with van der Waals surface area (Å²) in [5.41, 5.74) is 1.91. The van der Waals surface area contributed by atoms with Crippen LogP contribution in [0.3, 0.4) is 0 Å². The molecule has 2 aromatic heterocycles. The SMILES string of the molecule is Cc1cn2nc(N(C)Cc3cccc([N+](=O)[O-])c3)sc2n1. The van der Waals surface area contributed by atoms with Crippen LogP contribution >= 0.6 is 11.3 Å². The molecule has 0 saturated carbocycles. The van der Waals surface area contributed by atoms with Crippen molar-refractivity contribution in [2.75, 3.05) is 11.9 Å². The van der Waals surface area contributed by atoms with E-state index in [1.54, 1.807) is 16.6 Å². The summed E-state index contributed by atoms with van der Waals surface area (Å²) in [5, 5.41) is 16.1. The number of fused-ring (bicyclic) bond motifs is 1. The lowest BCUT2D eigenvalue weighted by atomic mass is 10.2. The minimum absolute atomic E-state index is 0.102. The van der Waals surface area contributed by atoms with Crippen LogP contribution in [-0.4, -0.2) is 26.6 Å². The third-order valence-corrected chi connectivity index (χ3v) is 4.06. The van der Waals surface area contributed by atoms with Gasteiger partial charge >= 0.3 is 0 Å². The molecule has 3 rings (SSSR count). The van der Waals surface area contributed by atoms with Crippen molar-refractivity contribution in [3.8, 4) is 0 Å². The maximum absolute atomic E-state index is 10.8. The van der Waals surface area contributed by atoms with Crippen LogP contribution in [0.5, 0.6) is 0 Å². The van der Waals surface area contributed by atoms with Crippen LogP contribution in [0.15, 0.2) is 30.5 Å². The molecule has 2 heterocycles. The highest BCUT2D eigenvalue weighted by Gasteiger charge is 2.12. The molecular formula is C13H13N5O2S. The van der Waals surface area contributed by atoms with Gasteiger partial charge in [-0.3, -0.25) is 10.1 Å². The third-order valence-electron chi connectivity index (χ3n) is 3.02. The van der Waals surface area contributed by atoms with Crippen molar-refractivity contribution in [3.63, 3.8) is 0 Å². The Morgan fingerprint density at radius 2 is 2.29 bits per heavy atom. The summed E-state index contributed by atoms with van der Waals surface area (Å²) in [5.74, 6) is 0. The Labute approximate surface area is 124 Å². The van der Waals surface area contributed by atoms with Crippen molar-refractivity contribution >= 4 is 27.1 Å². The first-order valence-corrected chi connectivity index (χ1v) is 7.12. The van der Waals surface area contributed by atoms with Gasteiger partial charge in [0.25, 0.3) is 5.69 Å². The second-order valence-corrected chi connectivity index (χ2v) is 5.71. The smallest absolute Gasteiger partial charge is 0.269 e. The average Bonchev–Trinajstić information content (AvgIpc) is 2.96. The van der Waals surface area contributed by atoms with Crippen LogP contribution in [0.4, 0.5) is 10.8 Å². The molecule has 0 atom stereocenters. The topological polar surface area (TPSA) is 76.6 Å². The number of aryl methyl sites for hydroxylation is 1. The van der Waals surface area contributed by atoms with Gasteiger partial charge in [0.2, 0.25) is 10.1 Å². The molecule has 0 unspecified atom stereocenters. The average molecular weight is 303 g/mol. The fourth-order valence-corrected chi connectivity index (χ4v) is 2.95. The molecule has 0 fully saturated rings. The van der Waals surface area contributed by atoms with E-state index in [4.69, 9.17) is 0 Å². The fourth-order valence-electron chi connectivity index (χ4n) is 2.06. The molecule has 0 saturated heterocycles. The van der Waals surface area contributed by atoms with Crippen molar-refractivity contribution < 1.29 is 4.92 Å². The predicted molar refractivity (Wildman–Crippen MR) is 80.8 cm³/mol. The monoisotopic (exact) mass is 303 g/mol. The molecule has 0 aliphatic heterocycles. The molecule has 108 valence electrons. The molecule has 0 bridgehead atoms. The van der Waals surface area contributed by atoms with E-state index in [-0.39, 0.29) is 10.6 Å². The zero-order valence-electron chi connectivity index (χ0n) is 11.6. The predicted octanol–water partition coefficient (Wildman–Crippen LogP) is 2.64. The maximum atomic E-state index is 10.8. The largest absolute Gasteiger partial charge is 0.345 e. The zero-order chi connectivity index (χ0) is 15.0. The number of nitro groups is 1. The summed E-state index contributed by atoms with van der Waals surface area (Å²) < 4.78 is 1.75. The maximum Gasteiger partial charge on any atom is 0.269 e. The van der Waals surface area contributed by atoms with Gasteiger partial charge < -0.3 is 4.90 Å². The van der Waals surface area contributed by atoms with Gasteiger partial charge in [-0.15, -0.1) is 5.10 Å². The number of benzene rings is 1. The molecule has 0 aliphatic rings. The Morgan fingerprint density at radius 3 is 3.00 bits per heavy atom. The molecule has 7 nitrogen and oxygen atoms in total. The number of aromatic nitrogens is 3. The molecule has 8 heteroatoms. The Balaban J connectivity index is 1.81. The lowest BCUT2D eigenvalue weighted by Gasteiger charge is -2.14. The van der Waals surface area contributed by atoms with Crippen molar-refractivity contribution in [3.05, 3.63) is 51.8 Å². The second-order valence-electron chi connectivity index (χ2n) is 4.78. The fraction of sp³-hybridized carbons (Fsp3) is 0.231. The lowest BCUT2D eigenvalue weighted by Crippen LogP contribution is -2.16. The lowest BCUT2D eigenvalue weighted by molar-refractivity contribution is -0.384. The van der Waals surface area contributed by atoms with Crippen molar-refractivity contribution in [1.82, 2.24) is 14.6 Å². The van der Waals surface area contributed by atoms with Crippen LogP contribution in [0, 0.1) is 17.0 Å². The van der Waals surface area contributed by atoms with Crippen LogP contribution in [0.25, 0.3) is 4.96 Å². The number of rotatable bonds is 4. The number of nitrogens with zero attached hydrogens (tertiary/aromatic N) is 5. The van der Waals surface area contributed by atoms with Crippen molar-refractivity contribution in [1.29, 1.82) is 0 Å². The zero-order valence-corrected chi connectivity index (χ0v) is 12.4. The molecule has 0 spiro atoms. The standard InChI is InChI=1S/C13H13N5O2S/c1-9-7-17-12(14-9)21-13(15-17)16(2)8-10-4-3-5-11(6-10)18(19)20/h3-7H,8H2,1-2H3. The first-order chi connectivity index (χ1) is 10.0. The summed E-state index contributed by atoms with van der Waals surface area (Å²) in [6.45, 7) is 2.48. The van der Waals surface area contributed by atoms with Crippen LogP contribution < -0.4 is 4.90 Å². The Morgan fingerprint density at radius 1 is 1.48 bits per heavy atom. The van der Waals surface area contributed by atoms with E-state index >= 15 is 0 Å². The van der Waals surface area contributed by atoms with Crippen molar-refractivity contribution in [2.24, 2.45) is 0 Å². The van der Waals surface area contributed by atoms with Gasteiger partial charge in [0.05, 0.1) is 16.8 Å². The van der Waals surface area contributed by atoms with Crippen LogP contribution in [0.2, 0.25) is 0 Å². The first-order valence-electron chi connectivity index (χ1n) is 6.30. The number of non-ortho nitro benzene ring substituents is 1. The van der Waals surface area contributed by atoms with Crippen LogP contribution in [0.1, 0.15) is 11.3 Å². The number of imidazole rings is 1. The highest BCUT2D eigenvalue weighted by molar-refractivity contribution is 7.20. The van der Waals surface area contributed by atoms with Gasteiger partial charge in [-0.2, -0.15) is 0 Å². The number of anilines is 1. The summed E-state index contributed by atoms with van der Waals surface area (Å²) in [4.78, 5) is 17.6. The van der Waals surface area contributed by atoms with Crippen molar-refractivity contribution in [2.45, 2.75) is 13.5 Å². The van der Waals surface area contributed by atoms with E-state index < -0.39 is 0 Å². The Kier molecular flexibility index (Phi) is 3.30. The number of hydrogen-bond donors (Lipinski definition) is 0. The van der Waals surface area contributed by atoms with Gasteiger partial charge in [0.1, 0.15) is 0 Å². The molecule has 1 aromatic carbocycles. The Hall–Kier alpha value is -2.48. The van der Waals surface area contributed by atoms with E-state index in [0.717, 1.165) is 21.3 Å². The van der Waals surface area contributed by atoms with E-state index in [9.17, 15) is 10.1 Å². The molecule has 0 radical (unpaired) electrons. The minimum atomic E-state index is -0.385. The quantitative estimate of drug-likeness (QED) is 0.547. The molecule has 0 amide bonds. The molecular weight excluding hydrogens is 290 g/mol. The van der Waals surface area contributed by atoms with E-state index in [1.807, 2.05) is 31.1 Å². The van der Waals surface area contributed by atoms with Gasteiger partial charge in [0.15, 0.2) is 0 Å². The van der Waals surface area contributed by atoms with Gasteiger partial charge in [0, 0.05) is 25.7 Å². The second kappa shape index (κ2) is 5.13. The van der Waals surface area contributed by atoms with Crippen LogP contribution in [-0.2, 0) is 6.54 Å². The van der Waals surface area contributed by atoms with Gasteiger partial charge in [-0.1, -0.05) is 23.5 Å². The minimum Gasteiger partial charge on any atom is -0.345 e. The molecule has 0 N–H and O–H groups in total. The summed E-state index contributed by atoms with van der Waals surface area (Å²) >= 11 is 1.49. The van der Waals surface area contributed by atoms with E-state index in [1.165, 1.54) is 17.4 Å². The molecule has 21 heavy (non-hydrogen) atoms. The van der Waals surface area contributed by atoms with E-state index in [2.05, 4.69) is 10.1 Å². The Bertz CT molecular complexity index is 778. The summed E-state index contributed by atoms with van der Waals surface area (Å²) in [7, 11) is 1.91. The number of nitro benzene ring substituents is 1. The first kappa shape index (κ1) is 13.5. The highest BCUT2D eigenvalue weighted by atomic mass is 32.1. The van der Waals surface area contributed by atoms with Gasteiger partial charge in [-0.05, 0) is 12.5 Å².